The molecule has 158 valence electrons. The summed E-state index contributed by atoms with van der Waals surface area (Å²) in [6.45, 7) is 3.90. The highest BCUT2D eigenvalue weighted by Crippen LogP contribution is 2.23. The normalized spacial score (nSPS) is 11.8. The van der Waals surface area contributed by atoms with E-state index >= 15 is 0 Å². The van der Waals surface area contributed by atoms with Crippen LogP contribution in [-0.4, -0.2) is 28.4 Å². The molecule has 1 atom stereocenters. The molecule has 4 rings (SSSR count). The number of carbonyl (C=O) groups is 2. The van der Waals surface area contributed by atoms with Crippen molar-refractivity contribution in [3.8, 4) is 5.69 Å². The van der Waals surface area contributed by atoms with Crippen LogP contribution in [0, 0.1) is 0 Å². The second-order valence-electron chi connectivity index (χ2n) is 6.92. The molecular formula is C23H22N4O4. The minimum atomic E-state index is -0.463. The largest absolute Gasteiger partial charge is 0.461 e. The number of rotatable bonds is 6. The summed E-state index contributed by atoms with van der Waals surface area (Å²) in [5.41, 5.74) is 2.39. The smallest absolute Gasteiger partial charge is 0.358 e. The Morgan fingerprint density at radius 2 is 1.90 bits per heavy atom. The van der Waals surface area contributed by atoms with Crippen LogP contribution in [0.2, 0.25) is 0 Å². The van der Waals surface area contributed by atoms with E-state index in [2.05, 4.69) is 15.7 Å². The number of benzene rings is 2. The zero-order chi connectivity index (χ0) is 21.8. The first-order chi connectivity index (χ1) is 15.0. The van der Waals surface area contributed by atoms with Gasteiger partial charge >= 0.3 is 12.0 Å². The standard InChI is InChI=1S/C23H22N4O4/c1-3-30-22(28)19-12-13-27(26-19)18-10-8-17(9-11-18)25-23(29)24-15(2)21-14-16-6-4-5-7-20(16)31-21/h4-15H,3H2,1-2H3,(H2,24,25,29). The number of esters is 1. The molecular weight excluding hydrogens is 396 g/mol. The summed E-state index contributed by atoms with van der Waals surface area (Å²) in [6, 6.07) is 17.7. The molecule has 4 aromatic rings. The van der Waals surface area contributed by atoms with E-state index in [1.165, 1.54) is 0 Å². The average Bonchev–Trinajstić information content (AvgIpc) is 3.42. The van der Waals surface area contributed by atoms with E-state index in [0.717, 1.165) is 16.7 Å². The second kappa shape index (κ2) is 8.74. The number of anilines is 1. The molecule has 2 amide bonds. The number of aromatic nitrogens is 2. The Labute approximate surface area is 178 Å². The number of urea groups is 1. The molecule has 2 heterocycles. The van der Waals surface area contributed by atoms with E-state index in [1.54, 1.807) is 48.1 Å². The van der Waals surface area contributed by atoms with Gasteiger partial charge in [0.15, 0.2) is 5.69 Å². The van der Waals surface area contributed by atoms with Gasteiger partial charge in [-0.2, -0.15) is 5.10 Å². The molecule has 0 spiro atoms. The van der Waals surface area contributed by atoms with Crippen molar-refractivity contribution in [2.24, 2.45) is 0 Å². The molecule has 2 aromatic heterocycles. The maximum atomic E-state index is 12.4. The van der Waals surface area contributed by atoms with Gasteiger partial charge in [0.25, 0.3) is 0 Å². The molecule has 2 aromatic carbocycles. The van der Waals surface area contributed by atoms with Gasteiger partial charge in [0.05, 0.1) is 18.3 Å². The highest BCUT2D eigenvalue weighted by molar-refractivity contribution is 5.90. The van der Waals surface area contributed by atoms with Gasteiger partial charge in [-0.05, 0) is 56.3 Å². The second-order valence-corrected chi connectivity index (χ2v) is 6.92. The third-order valence-electron chi connectivity index (χ3n) is 4.68. The average molecular weight is 418 g/mol. The lowest BCUT2D eigenvalue weighted by Crippen LogP contribution is -2.30. The van der Waals surface area contributed by atoms with Crippen molar-refractivity contribution in [3.63, 3.8) is 0 Å². The van der Waals surface area contributed by atoms with E-state index < -0.39 is 5.97 Å². The SMILES string of the molecule is CCOC(=O)c1ccn(-c2ccc(NC(=O)NC(C)c3cc4ccccc4o3)cc2)n1. The Kier molecular flexibility index (Phi) is 5.70. The first-order valence-corrected chi connectivity index (χ1v) is 9.92. The number of amides is 2. The van der Waals surface area contributed by atoms with Crippen LogP contribution in [0.4, 0.5) is 10.5 Å². The van der Waals surface area contributed by atoms with Crippen LogP contribution < -0.4 is 10.6 Å². The highest BCUT2D eigenvalue weighted by Gasteiger charge is 2.15. The maximum Gasteiger partial charge on any atom is 0.358 e. The Morgan fingerprint density at radius 1 is 1.13 bits per heavy atom. The first kappa shape index (κ1) is 20.2. The minimum absolute atomic E-state index is 0.239. The van der Waals surface area contributed by atoms with Crippen molar-refractivity contribution in [1.82, 2.24) is 15.1 Å². The summed E-state index contributed by atoms with van der Waals surface area (Å²) in [5, 5.41) is 10.9. The van der Waals surface area contributed by atoms with Gasteiger partial charge in [-0.1, -0.05) is 18.2 Å². The molecule has 0 saturated heterocycles. The molecule has 2 N–H and O–H groups in total. The Bertz CT molecular complexity index is 1180. The summed E-state index contributed by atoms with van der Waals surface area (Å²) in [7, 11) is 0. The molecule has 0 aliphatic heterocycles. The molecule has 8 nitrogen and oxygen atoms in total. The summed E-state index contributed by atoms with van der Waals surface area (Å²) < 4.78 is 12.3. The topological polar surface area (TPSA) is 98.4 Å². The third kappa shape index (κ3) is 4.58. The van der Waals surface area contributed by atoms with Crippen LogP contribution in [-0.2, 0) is 4.74 Å². The molecule has 0 aliphatic rings. The lowest BCUT2D eigenvalue weighted by atomic mass is 10.2. The van der Waals surface area contributed by atoms with Crippen molar-refractivity contribution < 1.29 is 18.7 Å². The number of hydrogen-bond acceptors (Lipinski definition) is 5. The van der Waals surface area contributed by atoms with Crippen LogP contribution in [0.25, 0.3) is 16.7 Å². The van der Waals surface area contributed by atoms with Gasteiger partial charge in [-0.3, -0.25) is 0 Å². The van der Waals surface area contributed by atoms with Crippen molar-refractivity contribution in [3.05, 3.63) is 78.3 Å². The van der Waals surface area contributed by atoms with E-state index in [-0.39, 0.29) is 17.8 Å². The lowest BCUT2D eigenvalue weighted by Gasteiger charge is -2.13. The molecule has 0 fully saturated rings. The molecule has 31 heavy (non-hydrogen) atoms. The number of hydrogen-bond donors (Lipinski definition) is 2. The minimum Gasteiger partial charge on any atom is -0.461 e. The number of para-hydroxylation sites is 1. The predicted octanol–water partition coefficient (Wildman–Crippen LogP) is 4.68. The number of carbonyl (C=O) groups excluding carboxylic acids is 2. The van der Waals surface area contributed by atoms with Crippen LogP contribution in [0.15, 0.2) is 71.3 Å². The monoisotopic (exact) mass is 418 g/mol. The number of nitrogens with one attached hydrogen (secondary N) is 2. The summed E-state index contributed by atoms with van der Waals surface area (Å²) >= 11 is 0. The maximum absolute atomic E-state index is 12.4. The van der Waals surface area contributed by atoms with Crippen LogP contribution in [0.1, 0.15) is 36.1 Å². The van der Waals surface area contributed by atoms with Gasteiger partial charge in [0, 0.05) is 17.3 Å². The zero-order valence-electron chi connectivity index (χ0n) is 17.2. The summed E-state index contributed by atoms with van der Waals surface area (Å²) in [4.78, 5) is 24.1. The van der Waals surface area contributed by atoms with E-state index in [1.807, 2.05) is 37.3 Å². The van der Waals surface area contributed by atoms with Crippen LogP contribution in [0.5, 0.6) is 0 Å². The number of nitrogens with zero attached hydrogens (tertiary/aromatic N) is 2. The van der Waals surface area contributed by atoms with Crippen LogP contribution >= 0.6 is 0 Å². The fourth-order valence-corrected chi connectivity index (χ4v) is 3.13. The van der Waals surface area contributed by atoms with E-state index in [4.69, 9.17) is 9.15 Å². The van der Waals surface area contributed by atoms with Crippen molar-refractivity contribution in [2.45, 2.75) is 19.9 Å². The fraction of sp³-hybridized carbons (Fsp3) is 0.174. The summed E-state index contributed by atoms with van der Waals surface area (Å²) in [6.07, 6.45) is 1.68. The number of furan rings is 1. The zero-order valence-corrected chi connectivity index (χ0v) is 17.2. The van der Waals surface area contributed by atoms with Gasteiger partial charge < -0.3 is 19.8 Å². The predicted molar refractivity (Wildman–Crippen MR) is 116 cm³/mol. The van der Waals surface area contributed by atoms with Gasteiger partial charge in [-0.15, -0.1) is 0 Å². The van der Waals surface area contributed by atoms with E-state index in [0.29, 0.717) is 18.1 Å². The molecule has 1 unspecified atom stereocenters. The van der Waals surface area contributed by atoms with Crippen LogP contribution in [0.3, 0.4) is 0 Å². The van der Waals surface area contributed by atoms with Crippen molar-refractivity contribution in [1.29, 1.82) is 0 Å². The first-order valence-electron chi connectivity index (χ1n) is 9.92. The highest BCUT2D eigenvalue weighted by atomic mass is 16.5. The van der Waals surface area contributed by atoms with Gasteiger partial charge in [0.2, 0.25) is 0 Å². The Hall–Kier alpha value is -4.07. The number of ether oxygens (including phenoxy) is 1. The molecule has 0 aliphatic carbocycles. The van der Waals surface area contributed by atoms with Crippen molar-refractivity contribution in [2.75, 3.05) is 11.9 Å². The molecule has 0 bridgehead atoms. The molecule has 0 radical (unpaired) electrons. The quantitative estimate of drug-likeness (QED) is 0.443. The Balaban J connectivity index is 1.37. The molecule has 0 saturated carbocycles. The summed E-state index contributed by atoms with van der Waals surface area (Å²) in [5.74, 6) is 0.220. The van der Waals surface area contributed by atoms with Gasteiger partial charge in [0.1, 0.15) is 11.3 Å². The van der Waals surface area contributed by atoms with Gasteiger partial charge in [-0.25, -0.2) is 14.3 Å². The number of fused-ring (bicyclic) bond motifs is 1. The lowest BCUT2D eigenvalue weighted by molar-refractivity contribution is 0.0519. The van der Waals surface area contributed by atoms with E-state index in [9.17, 15) is 9.59 Å². The molecule has 8 heteroatoms. The van der Waals surface area contributed by atoms with Crippen molar-refractivity contribution >= 4 is 28.7 Å². The fourth-order valence-electron chi connectivity index (χ4n) is 3.13. The Morgan fingerprint density at radius 3 is 2.65 bits per heavy atom. The third-order valence-corrected chi connectivity index (χ3v) is 4.68.